The molecule has 190 valence electrons. The van der Waals surface area contributed by atoms with Crippen LogP contribution in [0.3, 0.4) is 0 Å². The number of hydrogen-bond donors (Lipinski definition) is 0. The maximum Gasteiger partial charge on any atom is 0.416 e. The normalized spacial score (nSPS) is 16.1. The summed E-state index contributed by atoms with van der Waals surface area (Å²) < 4.78 is 65.8. The molecule has 0 unspecified atom stereocenters. The molecule has 0 spiro atoms. The lowest BCUT2D eigenvalue weighted by Crippen LogP contribution is -2.54. The average molecular weight is 522 g/mol. The van der Waals surface area contributed by atoms with Gasteiger partial charge in [0.05, 0.1) is 32.0 Å². The lowest BCUT2D eigenvalue weighted by Gasteiger charge is -2.41. The van der Waals surface area contributed by atoms with Gasteiger partial charge in [0.15, 0.2) is 0 Å². The Morgan fingerprint density at radius 1 is 0.972 bits per heavy atom. The second kappa shape index (κ2) is 9.49. The molecule has 0 amide bonds. The molecule has 2 aliphatic heterocycles. The van der Waals surface area contributed by atoms with Gasteiger partial charge in [-0.15, -0.1) is 11.3 Å². The van der Waals surface area contributed by atoms with Gasteiger partial charge >= 0.3 is 6.18 Å². The van der Waals surface area contributed by atoms with E-state index in [9.17, 15) is 17.6 Å². The van der Waals surface area contributed by atoms with Gasteiger partial charge in [0.1, 0.15) is 17.3 Å². The minimum atomic E-state index is -4.52. The van der Waals surface area contributed by atoms with Crippen molar-refractivity contribution in [3.05, 3.63) is 58.0 Å². The Bertz CT molecular complexity index is 1290. The van der Waals surface area contributed by atoms with Crippen molar-refractivity contribution < 1.29 is 27.0 Å². The molecule has 0 saturated carbocycles. The molecule has 4 heterocycles. The SMILES string of the molecule is COc1cccc(N2CCN(C3=Nc4c(csc4F)CN3c3cc(C(F)(F)F)ccc3OC)CC2)n1. The van der Waals surface area contributed by atoms with E-state index >= 15 is 0 Å². The smallest absolute Gasteiger partial charge is 0.416 e. The minimum Gasteiger partial charge on any atom is -0.495 e. The Hall–Kier alpha value is -3.54. The predicted octanol–water partition coefficient (Wildman–Crippen LogP) is 5.15. The van der Waals surface area contributed by atoms with Crippen molar-refractivity contribution in [3.63, 3.8) is 0 Å². The molecule has 1 aromatic carbocycles. The molecule has 1 fully saturated rings. The number of methoxy groups -OCH3 is 2. The van der Waals surface area contributed by atoms with Gasteiger partial charge in [0.25, 0.3) is 0 Å². The van der Waals surface area contributed by atoms with Crippen LogP contribution in [0.2, 0.25) is 0 Å². The number of pyridine rings is 1. The first kappa shape index (κ1) is 24.2. The summed E-state index contributed by atoms with van der Waals surface area (Å²) in [4.78, 5) is 14.8. The fourth-order valence-electron chi connectivity index (χ4n) is 4.33. The number of aliphatic imine (C=N–C) groups is 1. The number of halogens is 4. The van der Waals surface area contributed by atoms with Gasteiger partial charge < -0.3 is 24.2 Å². The largest absolute Gasteiger partial charge is 0.495 e. The second-order valence-electron chi connectivity index (χ2n) is 8.28. The summed E-state index contributed by atoms with van der Waals surface area (Å²) in [6.45, 7) is 2.37. The van der Waals surface area contributed by atoms with E-state index in [2.05, 4.69) is 14.9 Å². The van der Waals surface area contributed by atoms with E-state index in [1.165, 1.54) is 13.2 Å². The number of fused-ring (bicyclic) bond motifs is 1. The summed E-state index contributed by atoms with van der Waals surface area (Å²) in [6, 6.07) is 8.86. The van der Waals surface area contributed by atoms with E-state index in [4.69, 9.17) is 9.47 Å². The first-order chi connectivity index (χ1) is 17.3. The Kier molecular flexibility index (Phi) is 6.37. The number of thiophene rings is 1. The number of ether oxygens (including phenoxy) is 2. The molecule has 0 N–H and O–H groups in total. The third-order valence-corrected chi connectivity index (χ3v) is 6.98. The number of benzene rings is 1. The van der Waals surface area contributed by atoms with E-state index in [1.807, 2.05) is 17.0 Å². The van der Waals surface area contributed by atoms with Crippen LogP contribution >= 0.6 is 11.3 Å². The van der Waals surface area contributed by atoms with Gasteiger partial charge in [-0.25, -0.2) is 4.99 Å². The van der Waals surface area contributed by atoms with Crippen molar-refractivity contribution in [1.82, 2.24) is 9.88 Å². The molecule has 0 radical (unpaired) electrons. The van der Waals surface area contributed by atoms with Crippen LogP contribution < -0.4 is 19.3 Å². The molecule has 0 aliphatic carbocycles. The Balaban J connectivity index is 1.48. The zero-order chi connectivity index (χ0) is 25.4. The maximum absolute atomic E-state index is 14.5. The molecule has 36 heavy (non-hydrogen) atoms. The zero-order valence-electron chi connectivity index (χ0n) is 19.5. The van der Waals surface area contributed by atoms with Gasteiger partial charge in [-0.1, -0.05) is 6.07 Å². The Morgan fingerprint density at radius 2 is 1.72 bits per heavy atom. The molecule has 0 atom stereocenters. The van der Waals surface area contributed by atoms with Crippen molar-refractivity contribution >= 4 is 34.5 Å². The Morgan fingerprint density at radius 3 is 2.42 bits per heavy atom. The lowest BCUT2D eigenvalue weighted by atomic mass is 10.1. The van der Waals surface area contributed by atoms with Crippen molar-refractivity contribution in [2.24, 2.45) is 4.99 Å². The van der Waals surface area contributed by atoms with Crippen molar-refractivity contribution in [2.75, 3.05) is 50.2 Å². The molecule has 7 nitrogen and oxygen atoms in total. The molecular weight excluding hydrogens is 498 g/mol. The number of hydrogen-bond acceptors (Lipinski definition) is 8. The van der Waals surface area contributed by atoms with Gasteiger partial charge in [-0.05, 0) is 24.3 Å². The van der Waals surface area contributed by atoms with Gasteiger partial charge in [-0.2, -0.15) is 22.5 Å². The van der Waals surface area contributed by atoms with Crippen LogP contribution in [0.15, 0.2) is 46.8 Å². The highest BCUT2D eigenvalue weighted by molar-refractivity contribution is 7.08. The van der Waals surface area contributed by atoms with Crippen LogP contribution in [-0.4, -0.2) is 56.2 Å². The van der Waals surface area contributed by atoms with E-state index in [-0.39, 0.29) is 23.7 Å². The fraction of sp³-hybridized carbons (Fsp3) is 0.333. The standard InChI is InChI=1S/C24H23F4N5O2S/c1-34-18-7-6-16(24(26,27)28)12-17(18)33-13-15-14-36-22(25)21(15)30-23(33)32-10-8-31(9-11-32)19-4-3-5-20(29-19)35-2/h3-7,12,14H,8-11,13H2,1-2H3. The zero-order valence-corrected chi connectivity index (χ0v) is 20.4. The second-order valence-corrected chi connectivity index (χ2v) is 9.11. The number of alkyl halides is 3. The maximum atomic E-state index is 14.5. The van der Waals surface area contributed by atoms with Crippen molar-refractivity contribution in [1.29, 1.82) is 0 Å². The predicted molar refractivity (Wildman–Crippen MR) is 130 cm³/mol. The third kappa shape index (κ3) is 4.52. The molecule has 1 saturated heterocycles. The van der Waals surface area contributed by atoms with Gasteiger partial charge in [0, 0.05) is 43.2 Å². The number of anilines is 2. The molecule has 2 aliphatic rings. The molecule has 3 aromatic rings. The van der Waals surface area contributed by atoms with E-state index in [0.29, 0.717) is 43.6 Å². The van der Waals surface area contributed by atoms with E-state index < -0.39 is 16.9 Å². The van der Waals surface area contributed by atoms with Gasteiger partial charge in [0.2, 0.25) is 17.0 Å². The lowest BCUT2D eigenvalue weighted by molar-refractivity contribution is -0.137. The number of rotatable bonds is 4. The molecular formula is C24H23F4N5O2S. The molecule has 5 rings (SSSR count). The minimum absolute atomic E-state index is 0.171. The highest BCUT2D eigenvalue weighted by atomic mass is 32.1. The molecule has 12 heteroatoms. The quantitative estimate of drug-likeness (QED) is 0.443. The van der Waals surface area contributed by atoms with Crippen LogP contribution in [0.5, 0.6) is 11.6 Å². The number of nitrogens with zero attached hydrogens (tertiary/aromatic N) is 5. The van der Waals surface area contributed by atoms with Crippen molar-refractivity contribution in [3.8, 4) is 11.6 Å². The van der Waals surface area contributed by atoms with E-state index in [1.54, 1.807) is 23.5 Å². The summed E-state index contributed by atoms with van der Waals surface area (Å²) in [7, 11) is 2.96. The fourth-order valence-corrected chi connectivity index (χ4v) is 5.05. The van der Waals surface area contributed by atoms with E-state index in [0.717, 1.165) is 29.3 Å². The summed E-state index contributed by atoms with van der Waals surface area (Å²) in [6.07, 6.45) is -4.52. The number of piperazine rings is 1. The van der Waals surface area contributed by atoms with Crippen LogP contribution in [0.4, 0.5) is 34.8 Å². The summed E-state index contributed by atoms with van der Waals surface area (Å²) in [5, 5.41) is 1.22. The van der Waals surface area contributed by atoms with Crippen LogP contribution in [0, 0.1) is 5.13 Å². The summed E-state index contributed by atoms with van der Waals surface area (Å²) >= 11 is 0.926. The van der Waals surface area contributed by atoms with Crippen LogP contribution in [-0.2, 0) is 12.7 Å². The van der Waals surface area contributed by atoms with Gasteiger partial charge in [-0.3, -0.25) is 0 Å². The molecule has 0 bridgehead atoms. The number of aromatic nitrogens is 1. The first-order valence-electron chi connectivity index (χ1n) is 11.2. The number of guanidine groups is 1. The summed E-state index contributed by atoms with van der Waals surface area (Å²) in [5.74, 6) is 1.93. The third-order valence-electron chi connectivity index (χ3n) is 6.18. The average Bonchev–Trinajstić information content (AvgIpc) is 3.26. The topological polar surface area (TPSA) is 53.4 Å². The summed E-state index contributed by atoms with van der Waals surface area (Å²) in [5.41, 5.74) is 0.267. The molecule has 2 aromatic heterocycles. The Labute approximate surface area is 209 Å². The monoisotopic (exact) mass is 521 g/mol. The highest BCUT2D eigenvalue weighted by Gasteiger charge is 2.35. The van der Waals surface area contributed by atoms with Crippen molar-refractivity contribution in [2.45, 2.75) is 12.7 Å². The first-order valence-corrected chi connectivity index (χ1v) is 12.0. The highest BCUT2D eigenvalue weighted by Crippen LogP contribution is 2.41. The van der Waals surface area contributed by atoms with Crippen LogP contribution in [0.25, 0.3) is 0 Å². The van der Waals surface area contributed by atoms with Crippen LogP contribution in [0.1, 0.15) is 11.1 Å².